The molecule has 4 heteroatoms. The number of rotatable bonds is 2. The zero-order chi connectivity index (χ0) is 15.9. The van der Waals surface area contributed by atoms with Gasteiger partial charge in [0.25, 0.3) is 0 Å². The third-order valence-corrected chi connectivity index (χ3v) is 3.02. The van der Waals surface area contributed by atoms with Crippen LogP contribution in [-0.4, -0.2) is 22.2 Å². The van der Waals surface area contributed by atoms with Gasteiger partial charge < -0.3 is 10.2 Å². The number of carboxylic acids is 2. The molecule has 0 radical (unpaired) electrons. The average Bonchev–Trinajstić information content (AvgIpc) is 2.53. The Labute approximate surface area is 126 Å². The first-order chi connectivity index (χ1) is 10.6. The lowest BCUT2D eigenvalue weighted by Crippen LogP contribution is -1.91. The van der Waals surface area contributed by atoms with Gasteiger partial charge in [-0.2, -0.15) is 0 Å². The van der Waals surface area contributed by atoms with Gasteiger partial charge in [0.05, 0.1) is 0 Å². The van der Waals surface area contributed by atoms with Crippen LogP contribution >= 0.6 is 0 Å². The molecule has 0 spiro atoms. The normalized spacial score (nSPS) is 10.4. The van der Waals surface area contributed by atoms with Crippen molar-refractivity contribution in [2.45, 2.75) is 0 Å². The molecule has 3 aromatic rings. The first kappa shape index (κ1) is 15.3. The third-order valence-electron chi connectivity index (χ3n) is 3.02. The van der Waals surface area contributed by atoms with Crippen molar-refractivity contribution in [3.63, 3.8) is 0 Å². The second-order valence-electron chi connectivity index (χ2n) is 4.52. The lowest BCUT2D eigenvalue weighted by atomic mass is 10.0. The molecule has 0 saturated heterocycles. The number of carboxylic acid groups (broad SMARTS) is 2. The molecule has 0 amide bonds. The quantitative estimate of drug-likeness (QED) is 0.558. The van der Waals surface area contributed by atoms with Crippen LogP contribution in [0.3, 0.4) is 0 Å². The minimum atomic E-state index is -1.26. The number of carbonyl (C=O) groups is 2. The van der Waals surface area contributed by atoms with Gasteiger partial charge in [0, 0.05) is 12.2 Å². The van der Waals surface area contributed by atoms with Crippen LogP contribution in [0, 0.1) is 0 Å². The first-order valence-corrected chi connectivity index (χ1v) is 6.58. The third kappa shape index (κ3) is 3.93. The van der Waals surface area contributed by atoms with Gasteiger partial charge in [-0.25, -0.2) is 9.59 Å². The molecule has 0 atom stereocenters. The molecule has 0 fully saturated rings. The highest BCUT2D eigenvalue weighted by molar-refractivity contribution is 6.07. The van der Waals surface area contributed by atoms with Crippen LogP contribution in [0.5, 0.6) is 0 Å². The van der Waals surface area contributed by atoms with E-state index >= 15 is 0 Å². The standard InChI is InChI=1S/C14H10.C4H4O4/c1-3-7-13-11(5-1)9-10-12-6-2-4-8-14(12)13;5-3(6)1-2-4(7)8/h1-10H;1-2H,(H,5,6)(H,7,8). The van der Waals surface area contributed by atoms with Crippen molar-refractivity contribution in [2.24, 2.45) is 0 Å². The van der Waals surface area contributed by atoms with Gasteiger partial charge >= 0.3 is 11.9 Å². The Kier molecular flexibility index (Phi) is 4.88. The van der Waals surface area contributed by atoms with Crippen molar-refractivity contribution in [2.75, 3.05) is 0 Å². The Hall–Kier alpha value is -3.14. The fraction of sp³-hybridized carbons (Fsp3) is 0. The van der Waals surface area contributed by atoms with Gasteiger partial charge in [0.2, 0.25) is 0 Å². The zero-order valence-electron chi connectivity index (χ0n) is 11.6. The maximum Gasteiger partial charge on any atom is 0.328 e. The topological polar surface area (TPSA) is 74.6 Å². The van der Waals surface area contributed by atoms with Crippen LogP contribution < -0.4 is 0 Å². The molecule has 0 aliphatic rings. The molecule has 2 N–H and O–H groups in total. The van der Waals surface area contributed by atoms with Crippen LogP contribution in [0.1, 0.15) is 0 Å². The lowest BCUT2D eigenvalue weighted by molar-refractivity contribution is -0.134. The highest BCUT2D eigenvalue weighted by atomic mass is 16.4. The van der Waals surface area contributed by atoms with E-state index in [0.29, 0.717) is 12.2 Å². The SMILES string of the molecule is O=C(O)C=CC(=O)O.c1ccc2c(c1)ccc1ccccc12. The van der Waals surface area contributed by atoms with Gasteiger partial charge in [-0.15, -0.1) is 0 Å². The summed E-state index contributed by atoms with van der Waals surface area (Å²) < 4.78 is 0. The summed E-state index contributed by atoms with van der Waals surface area (Å²) in [6, 6.07) is 21.4. The summed E-state index contributed by atoms with van der Waals surface area (Å²) in [5, 5.41) is 20.9. The Morgan fingerprint density at radius 1 is 0.636 bits per heavy atom. The van der Waals surface area contributed by atoms with Crippen LogP contribution in [0.2, 0.25) is 0 Å². The van der Waals surface area contributed by atoms with E-state index in [1.54, 1.807) is 0 Å². The van der Waals surface area contributed by atoms with E-state index in [0.717, 1.165) is 0 Å². The molecular formula is C18H14O4. The summed E-state index contributed by atoms with van der Waals surface area (Å²) in [5.74, 6) is -2.51. The molecule has 0 aliphatic heterocycles. The van der Waals surface area contributed by atoms with E-state index in [1.165, 1.54) is 21.5 Å². The van der Waals surface area contributed by atoms with Gasteiger partial charge in [-0.3, -0.25) is 0 Å². The Morgan fingerprint density at radius 3 is 1.36 bits per heavy atom. The van der Waals surface area contributed by atoms with Gasteiger partial charge in [0.15, 0.2) is 0 Å². The zero-order valence-corrected chi connectivity index (χ0v) is 11.6. The monoisotopic (exact) mass is 294 g/mol. The van der Waals surface area contributed by atoms with E-state index in [9.17, 15) is 9.59 Å². The molecule has 22 heavy (non-hydrogen) atoms. The first-order valence-electron chi connectivity index (χ1n) is 6.58. The molecule has 0 saturated carbocycles. The van der Waals surface area contributed by atoms with Gasteiger partial charge in [-0.1, -0.05) is 60.7 Å². The Morgan fingerprint density at radius 2 is 1.00 bits per heavy atom. The van der Waals surface area contributed by atoms with E-state index in [1.807, 2.05) is 0 Å². The summed E-state index contributed by atoms with van der Waals surface area (Å²) in [7, 11) is 0. The van der Waals surface area contributed by atoms with Crippen LogP contribution in [0.15, 0.2) is 72.8 Å². The summed E-state index contributed by atoms with van der Waals surface area (Å²) in [5.41, 5.74) is 0. The predicted molar refractivity (Wildman–Crippen MR) is 85.9 cm³/mol. The summed E-state index contributed by atoms with van der Waals surface area (Å²) >= 11 is 0. The Balaban J connectivity index is 0.000000192. The molecule has 3 aromatic carbocycles. The molecule has 0 unspecified atom stereocenters. The van der Waals surface area contributed by atoms with E-state index in [-0.39, 0.29) is 0 Å². The van der Waals surface area contributed by atoms with E-state index < -0.39 is 11.9 Å². The number of hydrogen-bond donors (Lipinski definition) is 2. The molecule has 3 rings (SSSR count). The van der Waals surface area contributed by atoms with Crippen LogP contribution in [0.25, 0.3) is 21.5 Å². The molecule has 0 aliphatic carbocycles. The maximum absolute atomic E-state index is 9.55. The highest BCUT2D eigenvalue weighted by Gasteiger charge is 1.97. The number of hydrogen-bond acceptors (Lipinski definition) is 2. The van der Waals surface area contributed by atoms with Crippen molar-refractivity contribution in [1.82, 2.24) is 0 Å². The molecular weight excluding hydrogens is 280 g/mol. The van der Waals surface area contributed by atoms with Crippen LogP contribution in [0.4, 0.5) is 0 Å². The maximum atomic E-state index is 9.55. The molecule has 0 heterocycles. The predicted octanol–water partition coefficient (Wildman–Crippen LogP) is 3.70. The summed E-state index contributed by atoms with van der Waals surface area (Å²) in [4.78, 5) is 19.1. The van der Waals surface area contributed by atoms with E-state index in [4.69, 9.17) is 10.2 Å². The molecule has 0 bridgehead atoms. The van der Waals surface area contributed by atoms with Crippen molar-refractivity contribution in [1.29, 1.82) is 0 Å². The number of aliphatic carboxylic acids is 2. The second kappa shape index (κ2) is 7.04. The Bertz CT molecular complexity index is 779. The smallest absolute Gasteiger partial charge is 0.328 e. The van der Waals surface area contributed by atoms with Crippen molar-refractivity contribution < 1.29 is 19.8 Å². The summed E-state index contributed by atoms with van der Waals surface area (Å²) in [6.45, 7) is 0. The van der Waals surface area contributed by atoms with Gasteiger partial charge in [0.1, 0.15) is 0 Å². The second-order valence-corrected chi connectivity index (χ2v) is 4.52. The number of fused-ring (bicyclic) bond motifs is 3. The van der Waals surface area contributed by atoms with Crippen molar-refractivity contribution >= 4 is 33.5 Å². The van der Waals surface area contributed by atoms with E-state index in [2.05, 4.69) is 60.7 Å². The largest absolute Gasteiger partial charge is 0.478 e. The van der Waals surface area contributed by atoms with Crippen molar-refractivity contribution in [3.05, 3.63) is 72.8 Å². The fourth-order valence-electron chi connectivity index (χ4n) is 2.10. The highest BCUT2D eigenvalue weighted by Crippen LogP contribution is 2.24. The molecule has 0 aromatic heterocycles. The van der Waals surface area contributed by atoms with Crippen molar-refractivity contribution in [3.8, 4) is 0 Å². The summed E-state index contributed by atoms with van der Waals surface area (Å²) in [6.07, 6.45) is 1.12. The molecule has 4 nitrogen and oxygen atoms in total. The minimum absolute atomic E-state index is 0.558. The lowest BCUT2D eigenvalue weighted by Gasteiger charge is -2.02. The fourth-order valence-corrected chi connectivity index (χ4v) is 2.10. The molecule has 110 valence electrons. The average molecular weight is 294 g/mol. The minimum Gasteiger partial charge on any atom is -0.478 e. The van der Waals surface area contributed by atoms with Crippen LogP contribution in [-0.2, 0) is 9.59 Å². The van der Waals surface area contributed by atoms with Gasteiger partial charge in [-0.05, 0) is 21.5 Å². The number of benzene rings is 3.